The third-order valence-corrected chi connectivity index (χ3v) is 3.97. The van der Waals surface area contributed by atoms with E-state index in [1.807, 2.05) is 12.1 Å². The quantitative estimate of drug-likeness (QED) is 0.794. The fraction of sp³-hybridized carbons (Fsp3) is 0.143. The van der Waals surface area contributed by atoms with Crippen molar-refractivity contribution < 1.29 is 9.47 Å². The summed E-state index contributed by atoms with van der Waals surface area (Å²) in [6.07, 6.45) is 0. The molecule has 0 bridgehead atoms. The van der Waals surface area contributed by atoms with Crippen LogP contribution in [0.15, 0.2) is 34.8 Å². The van der Waals surface area contributed by atoms with Gasteiger partial charge in [-0.2, -0.15) is 0 Å². The highest BCUT2D eigenvalue weighted by atomic mass is 79.9. The fourth-order valence-electron chi connectivity index (χ4n) is 1.73. The van der Waals surface area contributed by atoms with Crippen LogP contribution in [0.25, 0.3) is 0 Å². The molecule has 0 aliphatic heterocycles. The minimum atomic E-state index is 0.564. The molecule has 0 fully saturated rings. The lowest BCUT2D eigenvalue weighted by atomic mass is 10.2. The molecule has 0 amide bonds. The van der Waals surface area contributed by atoms with Crippen LogP contribution in [0.5, 0.6) is 11.5 Å². The van der Waals surface area contributed by atoms with E-state index in [0.29, 0.717) is 22.2 Å². The molecule has 0 saturated heterocycles. The molecule has 0 saturated carbocycles. The lowest BCUT2D eigenvalue weighted by Gasteiger charge is -2.14. The summed E-state index contributed by atoms with van der Waals surface area (Å²) in [4.78, 5) is 0. The normalized spacial score (nSPS) is 10.2. The van der Waals surface area contributed by atoms with Gasteiger partial charge in [0.15, 0.2) is 11.5 Å². The average molecular weight is 358 g/mol. The van der Waals surface area contributed by atoms with Crippen molar-refractivity contribution in [2.75, 3.05) is 25.3 Å². The monoisotopic (exact) mass is 356 g/mol. The van der Waals surface area contributed by atoms with Crippen molar-refractivity contribution in [3.63, 3.8) is 0 Å². The van der Waals surface area contributed by atoms with Crippen molar-refractivity contribution in [1.29, 1.82) is 0 Å². The van der Waals surface area contributed by atoms with E-state index in [9.17, 15) is 0 Å². The van der Waals surface area contributed by atoms with Gasteiger partial charge in [0.1, 0.15) is 0 Å². The number of nitrogens with one attached hydrogen (secondary N) is 1. The molecule has 20 heavy (non-hydrogen) atoms. The van der Waals surface area contributed by atoms with Crippen LogP contribution in [0.1, 0.15) is 0 Å². The van der Waals surface area contributed by atoms with Gasteiger partial charge < -0.3 is 20.5 Å². The number of anilines is 3. The Balaban J connectivity index is 2.35. The molecule has 6 heteroatoms. The van der Waals surface area contributed by atoms with Gasteiger partial charge in [0, 0.05) is 22.3 Å². The molecule has 0 aliphatic rings. The third-order valence-electron chi connectivity index (χ3n) is 2.75. The second-order valence-electron chi connectivity index (χ2n) is 4.05. The van der Waals surface area contributed by atoms with Crippen molar-refractivity contribution in [3.8, 4) is 11.5 Å². The summed E-state index contributed by atoms with van der Waals surface area (Å²) in [5.74, 6) is 1.20. The molecule has 2 aromatic carbocycles. The average Bonchev–Trinajstić information content (AvgIpc) is 2.44. The van der Waals surface area contributed by atoms with Crippen molar-refractivity contribution in [3.05, 3.63) is 39.8 Å². The number of halogens is 2. The molecule has 0 heterocycles. The lowest BCUT2D eigenvalue weighted by molar-refractivity contribution is 0.355. The fourth-order valence-corrected chi connectivity index (χ4v) is 2.23. The molecule has 2 rings (SSSR count). The largest absolute Gasteiger partial charge is 0.493 e. The van der Waals surface area contributed by atoms with Gasteiger partial charge >= 0.3 is 0 Å². The standard InChI is InChI=1S/C14H14BrClN2O2/c1-19-13-6-11(17)12(7-14(13)20-2)18-8-3-4-10(16)9(15)5-8/h3-7,18H,17H2,1-2H3. The number of benzene rings is 2. The van der Waals surface area contributed by atoms with Crippen LogP contribution >= 0.6 is 27.5 Å². The van der Waals surface area contributed by atoms with Gasteiger partial charge in [0.05, 0.1) is 30.6 Å². The SMILES string of the molecule is COc1cc(N)c(Nc2ccc(Cl)c(Br)c2)cc1OC. The van der Waals surface area contributed by atoms with Gasteiger partial charge in [-0.3, -0.25) is 0 Å². The number of hydrogen-bond acceptors (Lipinski definition) is 4. The highest BCUT2D eigenvalue weighted by Crippen LogP contribution is 2.36. The maximum atomic E-state index is 6.00. The minimum absolute atomic E-state index is 0.564. The van der Waals surface area contributed by atoms with Crippen LogP contribution in [-0.2, 0) is 0 Å². The van der Waals surface area contributed by atoms with Crippen LogP contribution in [0.4, 0.5) is 17.1 Å². The molecule has 0 unspecified atom stereocenters. The Morgan fingerprint density at radius 3 is 2.35 bits per heavy atom. The van der Waals surface area contributed by atoms with Crippen LogP contribution < -0.4 is 20.5 Å². The maximum absolute atomic E-state index is 6.00. The number of ether oxygens (including phenoxy) is 2. The molecule has 4 nitrogen and oxygen atoms in total. The van der Waals surface area contributed by atoms with Gasteiger partial charge in [0.25, 0.3) is 0 Å². The molecule has 2 aromatic rings. The zero-order valence-corrected chi connectivity index (χ0v) is 13.4. The van der Waals surface area contributed by atoms with Gasteiger partial charge in [-0.1, -0.05) is 11.6 Å². The predicted octanol–water partition coefficient (Wildman–Crippen LogP) is 4.45. The van der Waals surface area contributed by atoms with E-state index in [1.54, 1.807) is 32.4 Å². The Bertz CT molecular complexity index is 635. The molecule has 0 aliphatic carbocycles. The highest BCUT2D eigenvalue weighted by Gasteiger charge is 2.09. The predicted molar refractivity (Wildman–Crippen MR) is 86.4 cm³/mol. The summed E-state index contributed by atoms with van der Waals surface area (Å²) in [5.41, 5.74) is 8.16. The van der Waals surface area contributed by atoms with E-state index in [-0.39, 0.29) is 0 Å². The van der Waals surface area contributed by atoms with Crippen LogP contribution in [0.2, 0.25) is 5.02 Å². The minimum Gasteiger partial charge on any atom is -0.493 e. The van der Waals surface area contributed by atoms with Crippen molar-refractivity contribution >= 4 is 44.6 Å². The lowest BCUT2D eigenvalue weighted by Crippen LogP contribution is -1.99. The molecular weight excluding hydrogens is 344 g/mol. The maximum Gasteiger partial charge on any atom is 0.162 e. The zero-order valence-electron chi connectivity index (χ0n) is 11.0. The van der Waals surface area contributed by atoms with E-state index in [1.165, 1.54) is 0 Å². The summed E-state index contributed by atoms with van der Waals surface area (Å²) in [5, 5.41) is 3.87. The van der Waals surface area contributed by atoms with Crippen LogP contribution in [-0.4, -0.2) is 14.2 Å². The first kappa shape index (κ1) is 14.8. The molecule has 0 spiro atoms. The summed E-state index contributed by atoms with van der Waals surface area (Å²) in [7, 11) is 3.15. The van der Waals surface area contributed by atoms with Crippen LogP contribution in [0, 0.1) is 0 Å². The number of nitrogens with two attached hydrogens (primary N) is 1. The van der Waals surface area contributed by atoms with E-state index in [2.05, 4.69) is 21.2 Å². The van der Waals surface area contributed by atoms with Gasteiger partial charge in [-0.05, 0) is 34.1 Å². The van der Waals surface area contributed by atoms with E-state index in [0.717, 1.165) is 15.8 Å². The number of hydrogen-bond donors (Lipinski definition) is 2. The first-order valence-corrected chi connectivity index (χ1v) is 6.96. The Kier molecular flexibility index (Phi) is 4.62. The molecule has 0 aromatic heterocycles. The topological polar surface area (TPSA) is 56.5 Å². The number of rotatable bonds is 4. The zero-order chi connectivity index (χ0) is 14.7. The van der Waals surface area contributed by atoms with Crippen molar-refractivity contribution in [2.45, 2.75) is 0 Å². The summed E-state index contributed by atoms with van der Waals surface area (Å²) >= 11 is 9.35. The van der Waals surface area contributed by atoms with E-state index < -0.39 is 0 Å². The summed E-state index contributed by atoms with van der Waals surface area (Å²) in [6.45, 7) is 0. The Labute approximate surface area is 131 Å². The molecular formula is C14H14BrClN2O2. The molecule has 0 radical (unpaired) electrons. The first-order valence-electron chi connectivity index (χ1n) is 5.78. The number of methoxy groups -OCH3 is 2. The second-order valence-corrected chi connectivity index (χ2v) is 5.31. The Morgan fingerprint density at radius 2 is 1.75 bits per heavy atom. The van der Waals surface area contributed by atoms with Crippen molar-refractivity contribution in [1.82, 2.24) is 0 Å². The summed E-state index contributed by atoms with van der Waals surface area (Å²) < 4.78 is 11.3. The van der Waals surface area contributed by atoms with E-state index >= 15 is 0 Å². The Morgan fingerprint density at radius 1 is 1.10 bits per heavy atom. The van der Waals surface area contributed by atoms with Crippen molar-refractivity contribution in [2.24, 2.45) is 0 Å². The number of nitrogen functional groups attached to an aromatic ring is 1. The van der Waals surface area contributed by atoms with Gasteiger partial charge in [-0.15, -0.1) is 0 Å². The second kappa shape index (κ2) is 6.24. The highest BCUT2D eigenvalue weighted by molar-refractivity contribution is 9.10. The molecule has 3 N–H and O–H groups in total. The van der Waals surface area contributed by atoms with Gasteiger partial charge in [0.2, 0.25) is 0 Å². The van der Waals surface area contributed by atoms with Crippen LogP contribution in [0.3, 0.4) is 0 Å². The van der Waals surface area contributed by atoms with Gasteiger partial charge in [-0.25, -0.2) is 0 Å². The molecule has 0 atom stereocenters. The third kappa shape index (κ3) is 3.11. The first-order chi connectivity index (χ1) is 9.55. The van der Waals surface area contributed by atoms with E-state index in [4.69, 9.17) is 26.8 Å². The summed E-state index contributed by atoms with van der Waals surface area (Å²) in [6, 6.07) is 9.04. The Hall–Kier alpha value is -1.59. The smallest absolute Gasteiger partial charge is 0.162 e. The molecule has 106 valence electrons.